The first-order valence-corrected chi connectivity index (χ1v) is 4.95. The molecule has 7 heteroatoms. The van der Waals surface area contributed by atoms with Crippen molar-refractivity contribution in [2.75, 3.05) is 13.1 Å². The Morgan fingerprint density at radius 3 is 1.94 bits per heavy atom. The molecule has 0 aliphatic carbocycles. The van der Waals surface area contributed by atoms with Gasteiger partial charge < -0.3 is 15.1 Å². The fourth-order valence-corrected chi connectivity index (χ4v) is 1.17. The van der Waals surface area contributed by atoms with E-state index in [2.05, 4.69) is 0 Å². The average Bonchev–Trinajstić information content (AvgIpc) is 2.28. The van der Waals surface area contributed by atoms with Crippen LogP contribution in [-0.4, -0.2) is 46.3 Å². The highest BCUT2D eigenvalue weighted by Gasteiger charge is 2.19. The normalized spacial score (nSPS) is 10.1. The summed E-state index contributed by atoms with van der Waals surface area (Å²) in [6, 6.07) is 7.86. The van der Waals surface area contributed by atoms with E-state index < -0.39 is 31.0 Å². The van der Waals surface area contributed by atoms with Crippen molar-refractivity contribution in [2.24, 2.45) is 0 Å². The molecule has 0 fully saturated rings. The van der Waals surface area contributed by atoms with Gasteiger partial charge in [-0.15, -0.1) is 5.06 Å². The van der Waals surface area contributed by atoms with Gasteiger partial charge in [-0.3, -0.25) is 9.59 Å². The summed E-state index contributed by atoms with van der Waals surface area (Å²) in [5.74, 6) is -3.40. The second-order valence-electron chi connectivity index (χ2n) is 3.33. The molecule has 1 aromatic carbocycles. The third-order valence-corrected chi connectivity index (χ3v) is 1.84. The number of carboxylic acids is 2. The van der Waals surface area contributed by atoms with Gasteiger partial charge in [0, 0.05) is 0 Å². The zero-order valence-corrected chi connectivity index (χ0v) is 9.28. The first-order valence-electron chi connectivity index (χ1n) is 4.95. The van der Waals surface area contributed by atoms with E-state index in [0.29, 0.717) is 5.06 Å². The van der Waals surface area contributed by atoms with Crippen molar-refractivity contribution in [3.8, 4) is 0 Å². The molecule has 0 radical (unpaired) electrons. The van der Waals surface area contributed by atoms with Crippen LogP contribution in [0.2, 0.25) is 0 Å². The molecule has 0 saturated heterocycles. The first-order chi connectivity index (χ1) is 8.49. The summed E-state index contributed by atoms with van der Waals surface area (Å²) in [4.78, 5) is 37.2. The molecule has 1 aromatic rings. The van der Waals surface area contributed by atoms with Crippen LogP contribution in [0, 0.1) is 0 Å². The summed E-state index contributed by atoms with van der Waals surface area (Å²) in [5, 5.41) is 17.7. The molecule has 0 bridgehead atoms. The van der Waals surface area contributed by atoms with E-state index in [1.165, 1.54) is 12.1 Å². The van der Waals surface area contributed by atoms with Crippen LogP contribution in [-0.2, 0) is 14.4 Å². The Bertz CT molecular complexity index is 428. The first kappa shape index (κ1) is 13.7. The molecule has 96 valence electrons. The van der Waals surface area contributed by atoms with Crippen LogP contribution in [0.4, 0.5) is 0 Å². The minimum Gasteiger partial charge on any atom is -0.480 e. The van der Waals surface area contributed by atoms with E-state index in [0.717, 1.165) is 0 Å². The summed E-state index contributed by atoms with van der Waals surface area (Å²) in [6.45, 7) is -1.41. The number of hydroxylamine groups is 2. The lowest BCUT2D eigenvalue weighted by Gasteiger charge is -2.16. The molecule has 0 aromatic heterocycles. The van der Waals surface area contributed by atoms with Gasteiger partial charge in [-0.2, -0.15) is 0 Å². The van der Waals surface area contributed by atoms with E-state index in [1.54, 1.807) is 18.2 Å². The third-order valence-electron chi connectivity index (χ3n) is 1.84. The van der Waals surface area contributed by atoms with E-state index in [1.807, 2.05) is 0 Å². The van der Waals surface area contributed by atoms with Crippen molar-refractivity contribution in [3.63, 3.8) is 0 Å². The number of carbonyl (C=O) groups is 3. The highest BCUT2D eigenvalue weighted by atomic mass is 16.7. The maximum absolute atomic E-state index is 11.6. The lowest BCUT2D eigenvalue weighted by Crippen LogP contribution is -2.36. The minimum absolute atomic E-state index is 0.207. The molecule has 0 heterocycles. The second-order valence-corrected chi connectivity index (χ2v) is 3.33. The van der Waals surface area contributed by atoms with Crippen molar-refractivity contribution < 1.29 is 29.4 Å². The van der Waals surface area contributed by atoms with Crippen molar-refractivity contribution >= 4 is 17.9 Å². The summed E-state index contributed by atoms with van der Waals surface area (Å²) >= 11 is 0. The summed E-state index contributed by atoms with van der Waals surface area (Å²) in [7, 11) is 0. The maximum Gasteiger partial charge on any atom is 0.357 e. The van der Waals surface area contributed by atoms with Gasteiger partial charge in [-0.25, -0.2) is 4.79 Å². The molecule has 0 amide bonds. The number of carboxylic acid groups (broad SMARTS) is 2. The smallest absolute Gasteiger partial charge is 0.357 e. The van der Waals surface area contributed by atoms with Crippen LogP contribution >= 0.6 is 0 Å². The molecule has 0 aliphatic rings. The van der Waals surface area contributed by atoms with Crippen LogP contribution in [0.15, 0.2) is 30.3 Å². The average molecular weight is 253 g/mol. The molecule has 2 N–H and O–H groups in total. The molecular weight excluding hydrogens is 242 g/mol. The van der Waals surface area contributed by atoms with Gasteiger partial charge in [0.05, 0.1) is 5.56 Å². The molecule has 7 nitrogen and oxygen atoms in total. The Hall–Kier alpha value is -2.41. The number of benzene rings is 1. The van der Waals surface area contributed by atoms with Gasteiger partial charge in [-0.05, 0) is 12.1 Å². The van der Waals surface area contributed by atoms with Crippen LogP contribution in [0.3, 0.4) is 0 Å². The zero-order chi connectivity index (χ0) is 13.5. The Morgan fingerprint density at radius 2 is 1.50 bits per heavy atom. The molecule has 18 heavy (non-hydrogen) atoms. The highest BCUT2D eigenvalue weighted by molar-refractivity contribution is 5.89. The lowest BCUT2D eigenvalue weighted by molar-refractivity contribution is -0.164. The lowest BCUT2D eigenvalue weighted by atomic mass is 10.2. The van der Waals surface area contributed by atoms with Gasteiger partial charge in [0.15, 0.2) is 0 Å². The van der Waals surface area contributed by atoms with Crippen LogP contribution in [0.1, 0.15) is 10.4 Å². The third kappa shape index (κ3) is 4.62. The number of hydrogen-bond donors (Lipinski definition) is 2. The van der Waals surface area contributed by atoms with Crippen molar-refractivity contribution in [1.29, 1.82) is 0 Å². The molecule has 1 rings (SSSR count). The quantitative estimate of drug-likeness (QED) is 0.699. The number of nitrogens with zero attached hydrogens (tertiary/aromatic N) is 1. The maximum atomic E-state index is 11.6. The largest absolute Gasteiger partial charge is 0.480 e. The molecule has 0 saturated carbocycles. The van der Waals surface area contributed by atoms with E-state index in [9.17, 15) is 14.4 Å². The number of carbonyl (C=O) groups excluding carboxylic acids is 1. The molecule has 0 atom stereocenters. The van der Waals surface area contributed by atoms with E-state index in [-0.39, 0.29) is 5.56 Å². The van der Waals surface area contributed by atoms with Gasteiger partial charge >= 0.3 is 17.9 Å². The Morgan fingerprint density at radius 1 is 1.00 bits per heavy atom. The molecular formula is C11H11NO6. The second kappa shape index (κ2) is 6.36. The monoisotopic (exact) mass is 253 g/mol. The van der Waals surface area contributed by atoms with Crippen molar-refractivity contribution in [3.05, 3.63) is 35.9 Å². The van der Waals surface area contributed by atoms with Gasteiger partial charge in [0.2, 0.25) is 0 Å². The van der Waals surface area contributed by atoms with Gasteiger partial charge in [-0.1, -0.05) is 18.2 Å². The predicted molar refractivity (Wildman–Crippen MR) is 58.7 cm³/mol. The Kier molecular flexibility index (Phi) is 4.82. The Balaban J connectivity index is 2.68. The number of hydrogen-bond acceptors (Lipinski definition) is 5. The van der Waals surface area contributed by atoms with Crippen LogP contribution in [0.25, 0.3) is 0 Å². The summed E-state index contributed by atoms with van der Waals surface area (Å²) in [5.41, 5.74) is 0.207. The van der Waals surface area contributed by atoms with Crippen LogP contribution in [0.5, 0.6) is 0 Å². The van der Waals surface area contributed by atoms with E-state index in [4.69, 9.17) is 15.1 Å². The van der Waals surface area contributed by atoms with Gasteiger partial charge in [0.1, 0.15) is 13.1 Å². The van der Waals surface area contributed by atoms with Gasteiger partial charge in [0.25, 0.3) is 0 Å². The number of aliphatic carboxylic acids is 2. The molecule has 0 unspecified atom stereocenters. The minimum atomic E-state index is -1.29. The predicted octanol–water partition coefficient (Wildman–Crippen LogP) is 0.230. The molecule has 0 aliphatic heterocycles. The fourth-order valence-electron chi connectivity index (χ4n) is 1.17. The summed E-state index contributed by atoms with van der Waals surface area (Å²) < 4.78 is 0. The summed E-state index contributed by atoms with van der Waals surface area (Å²) in [6.07, 6.45) is 0. The molecule has 0 spiro atoms. The van der Waals surface area contributed by atoms with E-state index >= 15 is 0 Å². The highest BCUT2D eigenvalue weighted by Crippen LogP contribution is 2.03. The van der Waals surface area contributed by atoms with Crippen molar-refractivity contribution in [1.82, 2.24) is 5.06 Å². The zero-order valence-electron chi connectivity index (χ0n) is 9.28. The number of rotatable bonds is 6. The Labute approximate surface area is 102 Å². The SMILES string of the molecule is O=C(O)CN(CC(=O)O)OC(=O)c1ccccc1. The topological polar surface area (TPSA) is 104 Å². The van der Waals surface area contributed by atoms with Crippen LogP contribution < -0.4 is 0 Å². The van der Waals surface area contributed by atoms with Crippen molar-refractivity contribution in [2.45, 2.75) is 0 Å². The standard InChI is InChI=1S/C11H11NO6/c13-9(14)6-12(7-10(15)16)18-11(17)8-4-2-1-3-5-8/h1-5H,6-7H2,(H,13,14)(H,15,16). The fraction of sp³-hybridized carbons (Fsp3) is 0.182.